The van der Waals surface area contributed by atoms with Crippen molar-refractivity contribution in [2.24, 2.45) is 0 Å². The zero-order chi connectivity index (χ0) is 12.9. The first-order valence-electron chi connectivity index (χ1n) is 6.20. The summed E-state index contributed by atoms with van der Waals surface area (Å²) in [5.74, 6) is 0. The molecule has 94 valence electrons. The Bertz CT molecular complexity index is 334. The van der Waals surface area contributed by atoms with Crippen molar-refractivity contribution in [1.82, 2.24) is 0 Å². The van der Waals surface area contributed by atoms with Crippen molar-refractivity contribution in [3.05, 3.63) is 29.8 Å². The first kappa shape index (κ1) is 14.5. The molecule has 1 aromatic carbocycles. The highest BCUT2D eigenvalue weighted by atomic mass is 28.4. The number of aryl methyl sites for hydroxylation is 1. The van der Waals surface area contributed by atoms with Crippen LogP contribution in [-0.4, -0.2) is 29.5 Å². The Morgan fingerprint density at radius 1 is 1.06 bits per heavy atom. The van der Waals surface area contributed by atoms with Gasteiger partial charge in [0, 0.05) is 14.2 Å². The molecule has 0 aliphatic carbocycles. The molecule has 0 spiro atoms. The van der Waals surface area contributed by atoms with E-state index < -0.39 is 8.56 Å². The summed E-state index contributed by atoms with van der Waals surface area (Å²) >= 11 is 0. The van der Waals surface area contributed by atoms with Crippen LogP contribution in [0.4, 0.5) is 0 Å². The Hall–Kier alpha value is -0.578. The van der Waals surface area contributed by atoms with Gasteiger partial charge < -0.3 is 8.85 Å². The van der Waals surface area contributed by atoms with Gasteiger partial charge in [-0.05, 0) is 24.6 Å². The average molecular weight is 250 g/mol. The largest absolute Gasteiger partial charge is 0.398 e. The van der Waals surface area contributed by atoms with E-state index in [0.717, 1.165) is 12.5 Å². The normalized spacial score (nSPS) is 11.6. The number of benzene rings is 1. The lowest BCUT2D eigenvalue weighted by Gasteiger charge is -2.22. The van der Waals surface area contributed by atoms with Crippen LogP contribution in [0, 0.1) is 0 Å². The molecular weight excluding hydrogens is 227 g/mol. The molecule has 0 saturated heterocycles. The van der Waals surface area contributed by atoms with E-state index in [1.165, 1.54) is 11.0 Å². The van der Waals surface area contributed by atoms with Crippen LogP contribution in [0.3, 0.4) is 0 Å². The van der Waals surface area contributed by atoms with Gasteiger partial charge >= 0.3 is 8.56 Å². The van der Waals surface area contributed by atoms with Gasteiger partial charge in [-0.2, -0.15) is 0 Å². The molecule has 17 heavy (non-hydrogen) atoms. The molecule has 0 saturated carbocycles. The third-order valence-electron chi connectivity index (χ3n) is 3.38. The Morgan fingerprint density at radius 2 is 1.59 bits per heavy atom. The Kier molecular flexibility index (Phi) is 5.44. The molecule has 0 aliphatic rings. The highest BCUT2D eigenvalue weighted by Gasteiger charge is 2.27. The van der Waals surface area contributed by atoms with Crippen molar-refractivity contribution in [3.63, 3.8) is 0 Å². The fraction of sp³-hybridized carbons (Fsp3) is 0.538. The second kappa shape index (κ2) is 6.38. The van der Waals surface area contributed by atoms with Crippen LogP contribution in [0.5, 0.6) is 0 Å². The van der Waals surface area contributed by atoms with Crippen LogP contribution in [-0.2, 0) is 15.3 Å². The first-order chi connectivity index (χ1) is 8.00. The molecule has 0 aliphatic heterocycles. The van der Waals surface area contributed by atoms with Crippen molar-refractivity contribution in [3.8, 4) is 0 Å². The molecular formula is C13H23BO2Si. The molecule has 0 unspecified atom stereocenters. The molecule has 1 aromatic rings. The van der Waals surface area contributed by atoms with Crippen LogP contribution in [0.15, 0.2) is 24.3 Å². The lowest BCUT2D eigenvalue weighted by molar-refractivity contribution is 0.249. The summed E-state index contributed by atoms with van der Waals surface area (Å²) < 4.78 is 11.0. The standard InChI is InChI=1S/C13H23BO2Si/c1-14(2)13-8-6-12(7-9-13)10-11-17(5,15-3)16-4/h6-9H,10-11H2,1-5H3. The van der Waals surface area contributed by atoms with Crippen LogP contribution >= 0.6 is 0 Å². The van der Waals surface area contributed by atoms with E-state index in [0.29, 0.717) is 6.71 Å². The molecule has 0 fully saturated rings. The summed E-state index contributed by atoms with van der Waals surface area (Å²) in [6, 6.07) is 9.88. The number of hydrogen-bond donors (Lipinski definition) is 0. The predicted molar refractivity (Wildman–Crippen MR) is 77.7 cm³/mol. The van der Waals surface area contributed by atoms with Crippen LogP contribution < -0.4 is 5.46 Å². The number of hydrogen-bond acceptors (Lipinski definition) is 2. The summed E-state index contributed by atoms with van der Waals surface area (Å²) in [6.07, 6.45) is 1.03. The van der Waals surface area contributed by atoms with E-state index in [2.05, 4.69) is 44.5 Å². The van der Waals surface area contributed by atoms with Crippen LogP contribution in [0.2, 0.25) is 26.2 Å². The summed E-state index contributed by atoms with van der Waals surface area (Å²) in [5.41, 5.74) is 2.76. The van der Waals surface area contributed by atoms with E-state index in [1.807, 2.05) is 0 Å². The minimum atomic E-state index is -1.92. The maximum atomic E-state index is 5.49. The molecule has 0 atom stereocenters. The van der Waals surface area contributed by atoms with Gasteiger partial charge in [-0.25, -0.2) is 0 Å². The van der Waals surface area contributed by atoms with E-state index in [9.17, 15) is 0 Å². The van der Waals surface area contributed by atoms with Gasteiger partial charge in [0.25, 0.3) is 0 Å². The van der Waals surface area contributed by atoms with E-state index >= 15 is 0 Å². The van der Waals surface area contributed by atoms with Crippen molar-refractivity contribution >= 4 is 20.7 Å². The zero-order valence-corrected chi connectivity index (χ0v) is 12.6. The number of rotatable bonds is 6. The van der Waals surface area contributed by atoms with Crippen LogP contribution in [0.1, 0.15) is 5.56 Å². The quantitative estimate of drug-likeness (QED) is 0.722. The van der Waals surface area contributed by atoms with Gasteiger partial charge in [0.2, 0.25) is 0 Å². The predicted octanol–water partition coefficient (Wildman–Crippen LogP) is 2.56. The molecule has 0 radical (unpaired) electrons. The van der Waals surface area contributed by atoms with Gasteiger partial charge in [-0.15, -0.1) is 0 Å². The highest BCUT2D eigenvalue weighted by molar-refractivity contribution is 6.70. The zero-order valence-electron chi connectivity index (χ0n) is 11.6. The highest BCUT2D eigenvalue weighted by Crippen LogP contribution is 2.15. The molecule has 0 bridgehead atoms. The lowest BCUT2D eigenvalue weighted by Crippen LogP contribution is -2.36. The second-order valence-corrected chi connectivity index (χ2v) is 8.52. The molecule has 4 heteroatoms. The fourth-order valence-electron chi connectivity index (χ4n) is 1.73. The smallest absolute Gasteiger partial charge is 0.334 e. The van der Waals surface area contributed by atoms with Crippen molar-refractivity contribution in [2.45, 2.75) is 32.7 Å². The van der Waals surface area contributed by atoms with Gasteiger partial charge in [0.15, 0.2) is 6.71 Å². The van der Waals surface area contributed by atoms with E-state index in [4.69, 9.17) is 8.85 Å². The minimum Gasteiger partial charge on any atom is -0.398 e. The van der Waals surface area contributed by atoms with Gasteiger partial charge in [0.1, 0.15) is 0 Å². The third kappa shape index (κ3) is 4.30. The minimum absolute atomic E-state index is 0.599. The third-order valence-corrected chi connectivity index (χ3v) is 6.26. The molecule has 1 rings (SSSR count). The fourth-order valence-corrected chi connectivity index (χ4v) is 3.05. The van der Waals surface area contributed by atoms with E-state index in [1.54, 1.807) is 14.2 Å². The topological polar surface area (TPSA) is 18.5 Å². The molecule has 0 aromatic heterocycles. The van der Waals surface area contributed by atoms with Crippen molar-refractivity contribution < 1.29 is 8.85 Å². The Balaban J connectivity index is 2.58. The maximum absolute atomic E-state index is 5.49. The maximum Gasteiger partial charge on any atom is 0.334 e. The lowest BCUT2D eigenvalue weighted by atomic mass is 9.49. The summed E-state index contributed by atoms with van der Waals surface area (Å²) in [7, 11) is 1.58. The van der Waals surface area contributed by atoms with Crippen molar-refractivity contribution in [2.75, 3.05) is 14.2 Å². The molecule has 2 nitrogen and oxygen atoms in total. The van der Waals surface area contributed by atoms with Gasteiger partial charge in [-0.3, -0.25) is 0 Å². The van der Waals surface area contributed by atoms with Crippen LogP contribution in [0.25, 0.3) is 0 Å². The molecule has 0 heterocycles. The molecule has 0 N–H and O–H groups in total. The first-order valence-corrected chi connectivity index (χ1v) is 8.72. The monoisotopic (exact) mass is 250 g/mol. The summed E-state index contributed by atoms with van der Waals surface area (Å²) in [4.78, 5) is 0. The van der Waals surface area contributed by atoms with E-state index in [-0.39, 0.29) is 0 Å². The Labute approximate surface area is 107 Å². The average Bonchev–Trinajstić information content (AvgIpc) is 2.36. The van der Waals surface area contributed by atoms with Gasteiger partial charge in [0.05, 0.1) is 0 Å². The van der Waals surface area contributed by atoms with Crippen molar-refractivity contribution in [1.29, 1.82) is 0 Å². The Morgan fingerprint density at radius 3 is 2.00 bits per heavy atom. The second-order valence-electron chi connectivity index (χ2n) is 4.94. The SMILES string of the molecule is CO[Si](C)(CCc1ccc(B(C)C)cc1)OC. The van der Waals surface area contributed by atoms with Gasteiger partial charge in [-0.1, -0.05) is 43.4 Å². The summed E-state index contributed by atoms with van der Waals surface area (Å²) in [6.45, 7) is 7.14. The summed E-state index contributed by atoms with van der Waals surface area (Å²) in [5, 5.41) is 0. The molecule has 0 amide bonds.